The molecule has 3 rings (SSSR count). The summed E-state index contributed by atoms with van der Waals surface area (Å²) in [5.41, 5.74) is 5.18. The van der Waals surface area contributed by atoms with Crippen LogP contribution in [-0.4, -0.2) is 10.2 Å². The molecule has 0 fully saturated rings. The molecule has 1 heterocycles. The lowest BCUT2D eigenvalue weighted by molar-refractivity contribution is 0.404. The fraction of sp³-hybridized carbons (Fsp3) is 0.300. The molecule has 0 spiro atoms. The van der Waals surface area contributed by atoms with Crippen LogP contribution in [0.15, 0.2) is 58.2 Å². The summed E-state index contributed by atoms with van der Waals surface area (Å²) in [7, 11) is 0. The quantitative estimate of drug-likeness (QED) is 0.570. The molecule has 3 aromatic rings. The minimum atomic E-state index is 0.364. The van der Waals surface area contributed by atoms with E-state index in [0.717, 1.165) is 12.2 Å². The topological polar surface area (TPSA) is 38.9 Å². The van der Waals surface area contributed by atoms with Crippen LogP contribution in [0, 0.1) is 13.8 Å². The monoisotopic (exact) mass is 338 g/mol. The third-order valence-corrected chi connectivity index (χ3v) is 5.02. The number of aryl methyl sites for hydroxylation is 2. The van der Waals surface area contributed by atoms with Gasteiger partial charge in [0.1, 0.15) is 0 Å². The van der Waals surface area contributed by atoms with Crippen molar-refractivity contribution in [1.82, 2.24) is 10.2 Å². The third kappa shape index (κ3) is 4.26. The predicted molar refractivity (Wildman–Crippen MR) is 98.3 cm³/mol. The summed E-state index contributed by atoms with van der Waals surface area (Å²) in [4.78, 5) is 0. The second-order valence-electron chi connectivity index (χ2n) is 6.20. The molecule has 0 radical (unpaired) electrons. The highest BCUT2D eigenvalue weighted by Gasteiger charge is 2.13. The molecule has 1 atom stereocenters. The fourth-order valence-corrected chi connectivity index (χ4v) is 3.48. The van der Waals surface area contributed by atoms with Crippen molar-refractivity contribution >= 4 is 11.8 Å². The standard InChI is InChI=1S/C20H22N2OS/c1-14-9-10-15(2)18(11-14)13-24-20-22-21-19(23-20)12-16(3)17-7-5-4-6-8-17/h4-11,16H,12-13H2,1-3H3. The molecular weight excluding hydrogens is 316 g/mol. The Labute approximate surface area is 147 Å². The highest BCUT2D eigenvalue weighted by atomic mass is 32.2. The molecule has 0 N–H and O–H groups in total. The van der Waals surface area contributed by atoms with Gasteiger partial charge in [-0.25, -0.2) is 0 Å². The van der Waals surface area contributed by atoms with Crippen LogP contribution in [0.25, 0.3) is 0 Å². The molecule has 24 heavy (non-hydrogen) atoms. The van der Waals surface area contributed by atoms with Crippen LogP contribution < -0.4 is 0 Å². The normalized spacial score (nSPS) is 12.3. The van der Waals surface area contributed by atoms with Gasteiger partial charge in [0.2, 0.25) is 5.89 Å². The molecule has 0 bridgehead atoms. The maximum absolute atomic E-state index is 5.81. The minimum Gasteiger partial charge on any atom is -0.416 e. The van der Waals surface area contributed by atoms with Crippen molar-refractivity contribution in [2.75, 3.05) is 0 Å². The summed E-state index contributed by atoms with van der Waals surface area (Å²) < 4.78 is 5.81. The van der Waals surface area contributed by atoms with E-state index in [-0.39, 0.29) is 0 Å². The smallest absolute Gasteiger partial charge is 0.276 e. The number of hydrogen-bond acceptors (Lipinski definition) is 4. The second kappa shape index (κ2) is 7.67. The summed E-state index contributed by atoms with van der Waals surface area (Å²) in [5.74, 6) is 1.92. The minimum absolute atomic E-state index is 0.364. The number of nitrogens with zero attached hydrogens (tertiary/aromatic N) is 2. The molecule has 3 nitrogen and oxygen atoms in total. The molecule has 0 amide bonds. The summed E-state index contributed by atoms with van der Waals surface area (Å²) >= 11 is 1.60. The zero-order valence-electron chi connectivity index (χ0n) is 14.3. The van der Waals surface area contributed by atoms with Gasteiger partial charge in [0.15, 0.2) is 0 Å². The third-order valence-electron chi connectivity index (χ3n) is 4.15. The van der Waals surface area contributed by atoms with E-state index in [4.69, 9.17) is 4.42 Å². The summed E-state index contributed by atoms with van der Waals surface area (Å²) in [6.07, 6.45) is 0.765. The molecule has 0 aliphatic carbocycles. The molecule has 0 saturated carbocycles. The molecule has 1 aromatic heterocycles. The van der Waals surface area contributed by atoms with Gasteiger partial charge in [-0.3, -0.25) is 0 Å². The maximum atomic E-state index is 5.81. The van der Waals surface area contributed by atoms with Crippen molar-refractivity contribution in [2.45, 2.75) is 44.1 Å². The van der Waals surface area contributed by atoms with Gasteiger partial charge < -0.3 is 4.42 Å². The molecule has 1 unspecified atom stereocenters. The maximum Gasteiger partial charge on any atom is 0.276 e. The van der Waals surface area contributed by atoms with Gasteiger partial charge in [0, 0.05) is 12.2 Å². The fourth-order valence-electron chi connectivity index (χ4n) is 2.64. The van der Waals surface area contributed by atoms with Crippen molar-refractivity contribution in [3.05, 3.63) is 76.7 Å². The number of thioether (sulfide) groups is 1. The summed E-state index contributed by atoms with van der Waals surface area (Å²) in [5, 5.41) is 9.02. The zero-order valence-corrected chi connectivity index (χ0v) is 15.1. The summed E-state index contributed by atoms with van der Waals surface area (Å²) in [6.45, 7) is 6.43. The molecule has 124 valence electrons. The van der Waals surface area contributed by atoms with Crippen LogP contribution in [0.1, 0.15) is 41.0 Å². The van der Waals surface area contributed by atoms with Gasteiger partial charge in [-0.1, -0.05) is 72.8 Å². The lowest BCUT2D eigenvalue weighted by Gasteiger charge is -2.08. The number of aromatic nitrogens is 2. The first-order chi connectivity index (χ1) is 11.6. The van der Waals surface area contributed by atoms with Crippen LogP contribution in [-0.2, 0) is 12.2 Å². The van der Waals surface area contributed by atoms with Crippen LogP contribution in [0.4, 0.5) is 0 Å². The van der Waals surface area contributed by atoms with Gasteiger partial charge in [-0.05, 0) is 36.5 Å². The Morgan fingerprint density at radius 2 is 1.83 bits per heavy atom. The van der Waals surface area contributed by atoms with Crippen LogP contribution in [0.2, 0.25) is 0 Å². The second-order valence-corrected chi connectivity index (χ2v) is 7.12. The Morgan fingerprint density at radius 3 is 2.62 bits per heavy atom. The Hall–Kier alpha value is -2.07. The number of benzene rings is 2. The van der Waals surface area contributed by atoms with E-state index in [0.29, 0.717) is 17.0 Å². The molecule has 0 saturated heterocycles. The van der Waals surface area contributed by atoms with E-state index in [1.807, 2.05) is 6.07 Å². The van der Waals surface area contributed by atoms with Crippen molar-refractivity contribution in [3.63, 3.8) is 0 Å². The average Bonchev–Trinajstić information content (AvgIpc) is 3.04. The zero-order chi connectivity index (χ0) is 16.9. The largest absolute Gasteiger partial charge is 0.416 e. The molecular formula is C20H22N2OS. The SMILES string of the molecule is Cc1ccc(C)c(CSc2nnc(CC(C)c3ccccc3)o2)c1. The van der Waals surface area contributed by atoms with E-state index >= 15 is 0 Å². The molecule has 4 heteroatoms. The van der Waals surface area contributed by atoms with E-state index in [9.17, 15) is 0 Å². The highest BCUT2D eigenvalue weighted by molar-refractivity contribution is 7.98. The van der Waals surface area contributed by atoms with Crippen LogP contribution >= 0.6 is 11.8 Å². The van der Waals surface area contributed by atoms with E-state index in [2.05, 4.69) is 73.4 Å². The lowest BCUT2D eigenvalue weighted by Crippen LogP contribution is -1.98. The molecule has 0 aliphatic heterocycles. The first kappa shape index (κ1) is 16.8. The van der Waals surface area contributed by atoms with Gasteiger partial charge >= 0.3 is 0 Å². The van der Waals surface area contributed by atoms with Crippen LogP contribution in [0.3, 0.4) is 0 Å². The average molecular weight is 338 g/mol. The number of rotatable bonds is 6. The lowest BCUT2D eigenvalue weighted by atomic mass is 9.98. The van der Waals surface area contributed by atoms with Crippen LogP contribution in [0.5, 0.6) is 0 Å². The first-order valence-electron chi connectivity index (χ1n) is 8.18. The Kier molecular flexibility index (Phi) is 5.36. The van der Waals surface area contributed by atoms with E-state index in [1.54, 1.807) is 11.8 Å². The Morgan fingerprint density at radius 1 is 1.04 bits per heavy atom. The van der Waals surface area contributed by atoms with Crippen molar-refractivity contribution in [2.24, 2.45) is 0 Å². The van der Waals surface area contributed by atoms with Crippen molar-refractivity contribution < 1.29 is 4.42 Å². The van der Waals surface area contributed by atoms with Crippen molar-refractivity contribution in [3.8, 4) is 0 Å². The molecule has 2 aromatic carbocycles. The Bertz CT molecular complexity index is 798. The van der Waals surface area contributed by atoms with Gasteiger partial charge in [0.25, 0.3) is 5.22 Å². The van der Waals surface area contributed by atoms with Gasteiger partial charge in [0.05, 0.1) is 0 Å². The van der Waals surface area contributed by atoms with E-state index in [1.165, 1.54) is 22.3 Å². The Balaban J connectivity index is 1.60. The molecule has 0 aliphatic rings. The summed E-state index contributed by atoms with van der Waals surface area (Å²) in [6, 6.07) is 16.9. The predicted octanol–water partition coefficient (Wildman–Crippen LogP) is 5.32. The van der Waals surface area contributed by atoms with Gasteiger partial charge in [-0.15, -0.1) is 10.2 Å². The number of hydrogen-bond donors (Lipinski definition) is 0. The first-order valence-corrected chi connectivity index (χ1v) is 9.16. The van der Waals surface area contributed by atoms with Crippen molar-refractivity contribution in [1.29, 1.82) is 0 Å². The highest BCUT2D eigenvalue weighted by Crippen LogP contribution is 2.26. The van der Waals surface area contributed by atoms with Gasteiger partial charge in [-0.2, -0.15) is 0 Å². The van der Waals surface area contributed by atoms with E-state index < -0.39 is 0 Å².